The zero-order chi connectivity index (χ0) is 15.2. The Kier molecular flexibility index (Phi) is 5.37. The van der Waals surface area contributed by atoms with Gasteiger partial charge in [0.25, 0.3) is 0 Å². The largest absolute Gasteiger partial charge is 0.497 e. The molecule has 0 fully saturated rings. The van der Waals surface area contributed by atoms with Gasteiger partial charge in [0.05, 0.1) is 7.11 Å². The van der Waals surface area contributed by atoms with E-state index in [0.717, 1.165) is 11.3 Å². The fourth-order valence-electron chi connectivity index (χ4n) is 1.73. The first-order valence-electron chi connectivity index (χ1n) is 6.37. The van der Waals surface area contributed by atoms with E-state index in [9.17, 15) is 4.79 Å². The molecule has 6 heteroatoms. The molecule has 1 rings (SSSR count). The van der Waals surface area contributed by atoms with Crippen molar-refractivity contribution in [2.75, 3.05) is 7.11 Å². The molecular formula is C14H21N3O3. The lowest BCUT2D eigenvalue weighted by Gasteiger charge is -2.25. The van der Waals surface area contributed by atoms with Crippen LogP contribution in [0.25, 0.3) is 0 Å². The first kappa shape index (κ1) is 15.8. The van der Waals surface area contributed by atoms with Gasteiger partial charge >= 0.3 is 0 Å². The summed E-state index contributed by atoms with van der Waals surface area (Å²) in [5.74, 6) is 0.354. The number of amides is 1. The molecule has 0 heterocycles. The van der Waals surface area contributed by atoms with Gasteiger partial charge in [0, 0.05) is 6.54 Å². The van der Waals surface area contributed by atoms with Crippen LogP contribution in [0.15, 0.2) is 29.4 Å². The minimum atomic E-state index is -1.02. The first-order chi connectivity index (χ1) is 9.47. The Morgan fingerprint density at radius 1 is 1.55 bits per heavy atom. The molecule has 1 amide bonds. The number of carbonyl (C=O) groups excluding carboxylic acids is 1. The van der Waals surface area contributed by atoms with Crippen LogP contribution in [0.4, 0.5) is 0 Å². The van der Waals surface area contributed by atoms with Crippen LogP contribution >= 0.6 is 0 Å². The number of methoxy groups -OCH3 is 1. The molecule has 0 spiro atoms. The average Bonchev–Trinajstić information content (AvgIpc) is 2.50. The lowest BCUT2D eigenvalue weighted by molar-refractivity contribution is -0.127. The van der Waals surface area contributed by atoms with Crippen LogP contribution in [0, 0.1) is 5.41 Å². The van der Waals surface area contributed by atoms with Crippen LogP contribution in [-0.4, -0.2) is 24.1 Å². The lowest BCUT2D eigenvalue weighted by Crippen LogP contribution is -2.47. The molecule has 1 atom stereocenters. The Labute approximate surface area is 118 Å². The zero-order valence-electron chi connectivity index (χ0n) is 12.0. The molecule has 1 unspecified atom stereocenters. The maximum atomic E-state index is 12.2. The summed E-state index contributed by atoms with van der Waals surface area (Å²) in [5.41, 5.74) is 5.49. The highest BCUT2D eigenvalue weighted by Crippen LogP contribution is 2.22. The second-order valence-electron chi connectivity index (χ2n) is 4.71. The summed E-state index contributed by atoms with van der Waals surface area (Å²) in [5, 5.41) is 14.5. The van der Waals surface area contributed by atoms with E-state index < -0.39 is 5.41 Å². The van der Waals surface area contributed by atoms with E-state index in [1.54, 1.807) is 14.0 Å². The van der Waals surface area contributed by atoms with Crippen LogP contribution in [0.2, 0.25) is 0 Å². The smallest absolute Gasteiger partial charge is 0.233 e. The minimum Gasteiger partial charge on any atom is -0.497 e. The number of nitrogens with one attached hydrogen (secondary N) is 1. The Morgan fingerprint density at radius 3 is 2.80 bits per heavy atom. The molecule has 0 bridgehead atoms. The van der Waals surface area contributed by atoms with E-state index in [-0.39, 0.29) is 11.7 Å². The van der Waals surface area contributed by atoms with Gasteiger partial charge in [-0.25, -0.2) is 0 Å². The number of nitrogens with two attached hydrogens (primary N) is 1. The Hall–Kier alpha value is -2.24. The summed E-state index contributed by atoms with van der Waals surface area (Å²) in [6, 6.07) is 7.41. The number of benzene rings is 1. The van der Waals surface area contributed by atoms with Gasteiger partial charge in [-0.05, 0) is 31.0 Å². The predicted octanol–water partition coefficient (Wildman–Crippen LogP) is 1.47. The normalized spacial score (nSPS) is 14.4. The standard InChI is InChI=1S/C14H21N3O3/c1-4-14(2,12(15)17-19)13(18)16-9-10-6-5-7-11(8-10)20-3/h5-8,19H,4,9H2,1-3H3,(H2,15,17)(H,16,18). The number of oxime groups is 1. The topological polar surface area (TPSA) is 96.9 Å². The summed E-state index contributed by atoms with van der Waals surface area (Å²) in [6.07, 6.45) is 0.437. The number of amidine groups is 1. The summed E-state index contributed by atoms with van der Waals surface area (Å²) >= 11 is 0. The van der Waals surface area contributed by atoms with Crippen molar-refractivity contribution in [3.63, 3.8) is 0 Å². The Balaban J connectivity index is 2.75. The van der Waals surface area contributed by atoms with Crippen molar-refractivity contribution in [1.82, 2.24) is 5.32 Å². The van der Waals surface area contributed by atoms with E-state index in [1.807, 2.05) is 31.2 Å². The van der Waals surface area contributed by atoms with Crippen LogP contribution in [-0.2, 0) is 11.3 Å². The maximum Gasteiger partial charge on any atom is 0.233 e. The lowest BCUT2D eigenvalue weighted by atomic mass is 9.85. The molecule has 0 aliphatic rings. The molecule has 20 heavy (non-hydrogen) atoms. The molecule has 0 aliphatic heterocycles. The molecule has 4 N–H and O–H groups in total. The highest BCUT2D eigenvalue weighted by molar-refractivity contribution is 6.06. The van der Waals surface area contributed by atoms with Gasteiger partial charge in [0.15, 0.2) is 5.84 Å². The summed E-state index contributed by atoms with van der Waals surface area (Å²) in [6.45, 7) is 3.80. The highest BCUT2D eigenvalue weighted by atomic mass is 16.5. The maximum absolute atomic E-state index is 12.2. The van der Waals surface area contributed by atoms with Crippen molar-refractivity contribution < 1.29 is 14.7 Å². The van der Waals surface area contributed by atoms with Crippen molar-refractivity contribution in [2.24, 2.45) is 16.3 Å². The van der Waals surface area contributed by atoms with Crippen LogP contribution < -0.4 is 15.8 Å². The van der Waals surface area contributed by atoms with Gasteiger partial charge in [0.1, 0.15) is 11.2 Å². The minimum absolute atomic E-state index is 0.0943. The van der Waals surface area contributed by atoms with Gasteiger partial charge in [-0.2, -0.15) is 0 Å². The number of ether oxygens (including phenoxy) is 1. The summed E-state index contributed by atoms with van der Waals surface area (Å²) in [7, 11) is 1.59. The fourth-order valence-corrected chi connectivity index (χ4v) is 1.73. The van der Waals surface area contributed by atoms with Crippen molar-refractivity contribution >= 4 is 11.7 Å². The number of nitrogens with zero attached hydrogens (tertiary/aromatic N) is 1. The molecule has 1 aromatic carbocycles. The van der Waals surface area contributed by atoms with Gasteiger partial charge < -0.3 is 21.0 Å². The van der Waals surface area contributed by atoms with Crippen LogP contribution in [0.3, 0.4) is 0 Å². The molecule has 110 valence electrons. The molecule has 0 aromatic heterocycles. The molecular weight excluding hydrogens is 258 g/mol. The van der Waals surface area contributed by atoms with Crippen molar-refractivity contribution in [2.45, 2.75) is 26.8 Å². The predicted molar refractivity (Wildman–Crippen MR) is 76.6 cm³/mol. The highest BCUT2D eigenvalue weighted by Gasteiger charge is 2.36. The second-order valence-corrected chi connectivity index (χ2v) is 4.71. The molecule has 0 radical (unpaired) electrons. The fraction of sp³-hybridized carbons (Fsp3) is 0.429. The second kappa shape index (κ2) is 6.79. The van der Waals surface area contributed by atoms with E-state index >= 15 is 0 Å². The van der Waals surface area contributed by atoms with Gasteiger partial charge in [-0.1, -0.05) is 24.2 Å². The summed E-state index contributed by atoms with van der Waals surface area (Å²) < 4.78 is 5.12. The summed E-state index contributed by atoms with van der Waals surface area (Å²) in [4.78, 5) is 12.2. The van der Waals surface area contributed by atoms with Gasteiger partial charge in [-0.15, -0.1) is 0 Å². The van der Waals surface area contributed by atoms with Crippen molar-refractivity contribution in [3.8, 4) is 5.75 Å². The third-order valence-corrected chi connectivity index (χ3v) is 3.47. The van der Waals surface area contributed by atoms with Gasteiger partial charge in [-0.3, -0.25) is 4.79 Å². The SMILES string of the molecule is CCC(C)(C(=O)NCc1cccc(OC)c1)/C(N)=N/O. The van der Waals surface area contributed by atoms with Gasteiger partial charge in [0.2, 0.25) is 5.91 Å². The molecule has 1 aromatic rings. The molecule has 0 aliphatic carbocycles. The first-order valence-corrected chi connectivity index (χ1v) is 6.37. The van der Waals surface area contributed by atoms with E-state index in [0.29, 0.717) is 13.0 Å². The van der Waals surface area contributed by atoms with E-state index in [2.05, 4.69) is 10.5 Å². The van der Waals surface area contributed by atoms with Crippen LogP contribution in [0.1, 0.15) is 25.8 Å². The van der Waals surface area contributed by atoms with E-state index in [1.165, 1.54) is 0 Å². The molecule has 6 nitrogen and oxygen atoms in total. The number of hydrogen-bond acceptors (Lipinski definition) is 4. The molecule has 0 saturated carbocycles. The number of rotatable bonds is 6. The quantitative estimate of drug-likeness (QED) is 0.318. The number of hydrogen-bond donors (Lipinski definition) is 3. The zero-order valence-corrected chi connectivity index (χ0v) is 12.0. The molecule has 0 saturated heterocycles. The van der Waals surface area contributed by atoms with Crippen molar-refractivity contribution in [3.05, 3.63) is 29.8 Å². The average molecular weight is 279 g/mol. The van der Waals surface area contributed by atoms with Crippen LogP contribution in [0.5, 0.6) is 5.75 Å². The third-order valence-electron chi connectivity index (χ3n) is 3.47. The van der Waals surface area contributed by atoms with Crippen molar-refractivity contribution in [1.29, 1.82) is 0 Å². The number of carbonyl (C=O) groups is 1. The Morgan fingerprint density at radius 2 is 2.25 bits per heavy atom. The van der Waals surface area contributed by atoms with E-state index in [4.69, 9.17) is 15.7 Å². The third kappa shape index (κ3) is 3.40. The monoisotopic (exact) mass is 279 g/mol. The Bertz CT molecular complexity index is 502.